The summed E-state index contributed by atoms with van der Waals surface area (Å²) in [7, 11) is 0. The maximum absolute atomic E-state index is 5.46. The topological polar surface area (TPSA) is 47.0 Å². The van der Waals surface area contributed by atoms with Crippen LogP contribution in [0.25, 0.3) is 0 Å². The van der Waals surface area contributed by atoms with Crippen molar-refractivity contribution in [3.8, 4) is 0 Å². The van der Waals surface area contributed by atoms with Gasteiger partial charge >= 0.3 is 0 Å². The van der Waals surface area contributed by atoms with Gasteiger partial charge in [0.25, 0.3) is 0 Å². The summed E-state index contributed by atoms with van der Waals surface area (Å²) >= 11 is 1.76. The van der Waals surface area contributed by atoms with Crippen LogP contribution in [0.3, 0.4) is 0 Å². The van der Waals surface area contributed by atoms with Gasteiger partial charge in [-0.1, -0.05) is 6.92 Å². The Hall–Kier alpha value is -0.650. The van der Waals surface area contributed by atoms with Gasteiger partial charge in [0.2, 0.25) is 0 Å². The monoisotopic (exact) mass is 253 g/mol. The van der Waals surface area contributed by atoms with Crippen molar-refractivity contribution in [2.24, 2.45) is 5.92 Å². The summed E-state index contributed by atoms with van der Waals surface area (Å²) < 4.78 is 5.46. The molecule has 1 aliphatic heterocycles. The Labute approximate surface area is 107 Å². The molecule has 2 rings (SSSR count). The van der Waals surface area contributed by atoms with Crippen LogP contribution in [0, 0.1) is 5.92 Å². The van der Waals surface area contributed by atoms with Crippen molar-refractivity contribution in [2.45, 2.75) is 24.4 Å². The molecule has 17 heavy (non-hydrogen) atoms. The molecule has 2 heterocycles. The number of rotatable bonds is 6. The molecular weight excluding hydrogens is 234 g/mol. The minimum absolute atomic E-state index is 0.509. The summed E-state index contributed by atoms with van der Waals surface area (Å²) in [4.78, 5) is 8.36. The molecule has 5 heteroatoms. The maximum atomic E-state index is 5.46. The first-order valence-electron chi connectivity index (χ1n) is 6.10. The van der Waals surface area contributed by atoms with Gasteiger partial charge in [0.1, 0.15) is 5.03 Å². The molecule has 0 radical (unpaired) electrons. The van der Waals surface area contributed by atoms with Gasteiger partial charge in [-0.05, 0) is 13.0 Å². The number of hydrogen-bond acceptors (Lipinski definition) is 5. The van der Waals surface area contributed by atoms with E-state index in [9.17, 15) is 0 Å². The standard InChI is InChI=1S/C12H19N3OS/c1-2-14-11(10-3-6-16-8-10)9-17-12-7-13-4-5-15-12/h4-5,7,10-11,14H,2-3,6,8-9H2,1H3. The van der Waals surface area contributed by atoms with Crippen molar-refractivity contribution in [1.82, 2.24) is 15.3 Å². The van der Waals surface area contributed by atoms with Gasteiger partial charge in [-0.15, -0.1) is 11.8 Å². The third-order valence-electron chi connectivity index (χ3n) is 2.95. The third kappa shape index (κ3) is 3.94. The summed E-state index contributed by atoms with van der Waals surface area (Å²) in [5.41, 5.74) is 0. The lowest BCUT2D eigenvalue weighted by Crippen LogP contribution is -2.38. The van der Waals surface area contributed by atoms with E-state index in [4.69, 9.17) is 4.74 Å². The van der Waals surface area contributed by atoms with Crippen LogP contribution in [0.5, 0.6) is 0 Å². The van der Waals surface area contributed by atoms with E-state index in [-0.39, 0.29) is 0 Å². The largest absolute Gasteiger partial charge is 0.381 e. The van der Waals surface area contributed by atoms with Crippen LogP contribution < -0.4 is 5.32 Å². The molecular formula is C12H19N3OS. The number of aromatic nitrogens is 2. The number of ether oxygens (including phenoxy) is 1. The molecule has 1 fully saturated rings. The average molecular weight is 253 g/mol. The number of nitrogens with one attached hydrogen (secondary N) is 1. The molecule has 1 aromatic rings. The van der Waals surface area contributed by atoms with Crippen molar-refractivity contribution in [3.05, 3.63) is 18.6 Å². The molecule has 0 bridgehead atoms. The lowest BCUT2D eigenvalue weighted by Gasteiger charge is -2.22. The summed E-state index contributed by atoms with van der Waals surface area (Å²) in [6, 6.07) is 0.509. The van der Waals surface area contributed by atoms with Gasteiger partial charge in [-0.3, -0.25) is 4.98 Å². The van der Waals surface area contributed by atoms with E-state index in [0.29, 0.717) is 12.0 Å². The molecule has 94 valence electrons. The molecule has 0 aliphatic carbocycles. The fourth-order valence-electron chi connectivity index (χ4n) is 2.03. The van der Waals surface area contributed by atoms with Crippen molar-refractivity contribution < 1.29 is 4.74 Å². The van der Waals surface area contributed by atoms with E-state index in [1.54, 1.807) is 24.2 Å². The predicted molar refractivity (Wildman–Crippen MR) is 69.1 cm³/mol. The smallest absolute Gasteiger partial charge is 0.114 e. The van der Waals surface area contributed by atoms with E-state index in [1.807, 2.05) is 6.20 Å². The van der Waals surface area contributed by atoms with Gasteiger partial charge in [0.05, 0.1) is 12.8 Å². The van der Waals surface area contributed by atoms with Crippen molar-refractivity contribution in [1.29, 1.82) is 0 Å². The number of nitrogens with zero attached hydrogens (tertiary/aromatic N) is 2. The van der Waals surface area contributed by atoms with Crippen LogP contribution in [0.1, 0.15) is 13.3 Å². The first-order chi connectivity index (χ1) is 8.40. The molecule has 1 N–H and O–H groups in total. The number of thioether (sulfide) groups is 1. The second kappa shape index (κ2) is 6.93. The second-order valence-electron chi connectivity index (χ2n) is 4.14. The maximum Gasteiger partial charge on any atom is 0.114 e. The van der Waals surface area contributed by atoms with Gasteiger partial charge in [0, 0.05) is 36.7 Å². The Morgan fingerprint density at radius 1 is 1.59 bits per heavy atom. The summed E-state index contributed by atoms with van der Waals surface area (Å²) in [5, 5.41) is 4.54. The number of hydrogen-bond donors (Lipinski definition) is 1. The minimum atomic E-state index is 0.509. The molecule has 0 amide bonds. The zero-order valence-corrected chi connectivity index (χ0v) is 10.9. The average Bonchev–Trinajstić information content (AvgIpc) is 2.89. The predicted octanol–water partition coefficient (Wildman–Crippen LogP) is 1.58. The minimum Gasteiger partial charge on any atom is -0.381 e. The van der Waals surface area contributed by atoms with E-state index in [0.717, 1.165) is 30.5 Å². The molecule has 2 atom stereocenters. The normalized spacial score (nSPS) is 21.6. The molecule has 0 spiro atoms. The van der Waals surface area contributed by atoms with E-state index in [1.165, 1.54) is 6.42 Å². The summed E-state index contributed by atoms with van der Waals surface area (Å²) in [6.07, 6.45) is 6.43. The van der Waals surface area contributed by atoms with Crippen LogP contribution in [-0.2, 0) is 4.74 Å². The second-order valence-corrected chi connectivity index (χ2v) is 5.18. The Kier molecular flexibility index (Phi) is 5.22. The highest BCUT2D eigenvalue weighted by molar-refractivity contribution is 7.99. The van der Waals surface area contributed by atoms with E-state index >= 15 is 0 Å². The lowest BCUT2D eigenvalue weighted by molar-refractivity contribution is 0.179. The quantitative estimate of drug-likeness (QED) is 0.780. The summed E-state index contributed by atoms with van der Waals surface area (Å²) in [5.74, 6) is 1.67. The molecule has 0 aromatic carbocycles. The van der Waals surface area contributed by atoms with Crippen LogP contribution >= 0.6 is 11.8 Å². The van der Waals surface area contributed by atoms with Crippen LogP contribution in [0.4, 0.5) is 0 Å². The SMILES string of the molecule is CCNC(CSc1cnccn1)C1CCOC1. The van der Waals surface area contributed by atoms with Gasteiger partial charge in [-0.25, -0.2) is 4.98 Å². The lowest BCUT2D eigenvalue weighted by atomic mass is 10.0. The molecule has 1 saturated heterocycles. The first-order valence-corrected chi connectivity index (χ1v) is 7.08. The van der Waals surface area contributed by atoms with E-state index in [2.05, 4.69) is 22.2 Å². The Balaban J connectivity index is 1.84. The zero-order valence-electron chi connectivity index (χ0n) is 10.1. The van der Waals surface area contributed by atoms with Crippen molar-refractivity contribution >= 4 is 11.8 Å². The Morgan fingerprint density at radius 3 is 3.18 bits per heavy atom. The molecule has 4 nitrogen and oxygen atoms in total. The van der Waals surface area contributed by atoms with E-state index < -0.39 is 0 Å². The highest BCUT2D eigenvalue weighted by Crippen LogP contribution is 2.22. The fourth-order valence-corrected chi connectivity index (χ4v) is 3.04. The van der Waals surface area contributed by atoms with Crippen LogP contribution in [-0.4, -0.2) is 41.5 Å². The van der Waals surface area contributed by atoms with Gasteiger partial charge in [-0.2, -0.15) is 0 Å². The molecule has 1 aromatic heterocycles. The highest BCUT2D eigenvalue weighted by atomic mass is 32.2. The Morgan fingerprint density at radius 2 is 2.53 bits per heavy atom. The van der Waals surface area contributed by atoms with Gasteiger partial charge < -0.3 is 10.1 Å². The van der Waals surface area contributed by atoms with Crippen molar-refractivity contribution in [2.75, 3.05) is 25.5 Å². The molecule has 0 saturated carbocycles. The van der Waals surface area contributed by atoms with Crippen molar-refractivity contribution in [3.63, 3.8) is 0 Å². The van der Waals surface area contributed by atoms with Crippen LogP contribution in [0.2, 0.25) is 0 Å². The van der Waals surface area contributed by atoms with Crippen LogP contribution in [0.15, 0.2) is 23.6 Å². The molecule has 1 aliphatic rings. The van der Waals surface area contributed by atoms with Gasteiger partial charge in [0.15, 0.2) is 0 Å². The Bertz CT molecular complexity index is 317. The summed E-state index contributed by atoms with van der Waals surface area (Å²) in [6.45, 7) is 4.94. The third-order valence-corrected chi connectivity index (χ3v) is 3.98. The highest BCUT2D eigenvalue weighted by Gasteiger charge is 2.25. The first kappa shape index (κ1) is 12.8. The zero-order chi connectivity index (χ0) is 11.9. The molecule has 2 unspecified atom stereocenters. The fraction of sp³-hybridized carbons (Fsp3) is 0.667.